The smallest absolute Gasteiger partial charge is 0.248 e. The molecule has 4 nitrogen and oxygen atoms in total. The van der Waals surface area contributed by atoms with Crippen LogP contribution in [0.4, 0.5) is 0 Å². The van der Waals surface area contributed by atoms with Gasteiger partial charge in [0.2, 0.25) is 5.91 Å². The average Bonchev–Trinajstić information content (AvgIpc) is 2.18. The number of aliphatic hydroxyl groups excluding tert-OH is 1. The third-order valence-electron chi connectivity index (χ3n) is 2.51. The lowest BCUT2D eigenvalue weighted by atomic mass is 10.1. The number of amides is 1. The molecule has 0 radical (unpaired) electrons. The summed E-state index contributed by atoms with van der Waals surface area (Å²) >= 11 is 0. The predicted molar refractivity (Wildman–Crippen MR) is 52.9 cm³/mol. The Bertz CT molecular complexity index is 182. The molecule has 0 spiro atoms. The topological polar surface area (TPSA) is 49.8 Å². The van der Waals surface area contributed by atoms with Crippen molar-refractivity contribution in [1.82, 2.24) is 4.90 Å². The lowest BCUT2D eigenvalue weighted by Crippen LogP contribution is -2.50. The van der Waals surface area contributed by atoms with Gasteiger partial charge in [0.15, 0.2) is 0 Å². The second-order valence-electron chi connectivity index (χ2n) is 3.62. The molecule has 82 valence electrons. The Morgan fingerprint density at radius 1 is 1.64 bits per heavy atom. The van der Waals surface area contributed by atoms with Crippen LogP contribution in [0.5, 0.6) is 0 Å². The maximum absolute atomic E-state index is 11.5. The molecule has 0 aliphatic carbocycles. The summed E-state index contributed by atoms with van der Waals surface area (Å²) in [5.41, 5.74) is 0. The van der Waals surface area contributed by atoms with E-state index in [2.05, 4.69) is 6.92 Å². The van der Waals surface area contributed by atoms with Gasteiger partial charge in [-0.3, -0.25) is 4.79 Å². The normalized spacial score (nSPS) is 22.9. The summed E-state index contributed by atoms with van der Waals surface area (Å²) < 4.78 is 5.15. The molecule has 14 heavy (non-hydrogen) atoms. The minimum absolute atomic E-state index is 0.0585. The monoisotopic (exact) mass is 201 g/mol. The van der Waals surface area contributed by atoms with E-state index in [1.807, 2.05) is 4.90 Å². The van der Waals surface area contributed by atoms with Crippen molar-refractivity contribution in [2.24, 2.45) is 0 Å². The van der Waals surface area contributed by atoms with Crippen LogP contribution in [0.15, 0.2) is 0 Å². The standard InChI is InChI=1S/C10H19NO3/c1-2-3-5-11-9(4-6-12)7-14-8-10(11)13/h9,12H,2-8H2,1H3. The first-order valence-electron chi connectivity index (χ1n) is 5.27. The molecule has 1 heterocycles. The van der Waals surface area contributed by atoms with Gasteiger partial charge in [-0.2, -0.15) is 0 Å². The van der Waals surface area contributed by atoms with Crippen molar-refractivity contribution in [2.75, 3.05) is 26.4 Å². The minimum Gasteiger partial charge on any atom is -0.396 e. The van der Waals surface area contributed by atoms with Gasteiger partial charge in [0.1, 0.15) is 6.61 Å². The van der Waals surface area contributed by atoms with Crippen molar-refractivity contribution in [3.05, 3.63) is 0 Å². The Kier molecular flexibility index (Phi) is 4.90. The van der Waals surface area contributed by atoms with Crippen molar-refractivity contribution in [1.29, 1.82) is 0 Å². The van der Waals surface area contributed by atoms with Crippen LogP contribution in [-0.4, -0.2) is 48.3 Å². The first kappa shape index (κ1) is 11.5. The van der Waals surface area contributed by atoms with E-state index in [9.17, 15) is 4.79 Å². The molecule has 1 atom stereocenters. The van der Waals surface area contributed by atoms with Gasteiger partial charge in [0, 0.05) is 13.2 Å². The molecule has 0 aromatic carbocycles. The first-order valence-corrected chi connectivity index (χ1v) is 5.27. The zero-order chi connectivity index (χ0) is 10.4. The molecule has 0 saturated carbocycles. The van der Waals surface area contributed by atoms with Gasteiger partial charge in [-0.05, 0) is 12.8 Å². The lowest BCUT2D eigenvalue weighted by Gasteiger charge is -2.35. The fraction of sp³-hybridized carbons (Fsp3) is 0.900. The highest BCUT2D eigenvalue weighted by molar-refractivity contribution is 5.78. The molecule has 0 aromatic rings. The summed E-state index contributed by atoms with van der Waals surface area (Å²) in [6.07, 6.45) is 2.72. The van der Waals surface area contributed by atoms with E-state index in [1.54, 1.807) is 0 Å². The van der Waals surface area contributed by atoms with Crippen LogP contribution in [0.2, 0.25) is 0 Å². The average molecular weight is 201 g/mol. The maximum atomic E-state index is 11.5. The highest BCUT2D eigenvalue weighted by atomic mass is 16.5. The van der Waals surface area contributed by atoms with Crippen LogP contribution >= 0.6 is 0 Å². The quantitative estimate of drug-likeness (QED) is 0.700. The van der Waals surface area contributed by atoms with Crippen molar-refractivity contribution < 1.29 is 14.6 Å². The molecule has 1 fully saturated rings. The van der Waals surface area contributed by atoms with E-state index in [0.717, 1.165) is 19.4 Å². The molecule has 1 saturated heterocycles. The number of hydrogen-bond donors (Lipinski definition) is 1. The molecule has 4 heteroatoms. The van der Waals surface area contributed by atoms with Gasteiger partial charge < -0.3 is 14.7 Å². The molecular formula is C10H19NO3. The molecule has 1 N–H and O–H groups in total. The number of rotatable bonds is 5. The molecule has 1 aliphatic rings. The molecule has 1 aliphatic heterocycles. The SMILES string of the molecule is CCCCN1C(=O)COCC1CCO. The summed E-state index contributed by atoms with van der Waals surface area (Å²) in [4.78, 5) is 13.4. The zero-order valence-electron chi connectivity index (χ0n) is 8.74. The van der Waals surface area contributed by atoms with E-state index < -0.39 is 0 Å². The molecule has 1 amide bonds. The van der Waals surface area contributed by atoms with Crippen LogP contribution in [0.1, 0.15) is 26.2 Å². The van der Waals surface area contributed by atoms with Gasteiger partial charge in [-0.1, -0.05) is 13.3 Å². The number of hydrogen-bond acceptors (Lipinski definition) is 3. The summed E-state index contributed by atoms with van der Waals surface area (Å²) in [5.74, 6) is 0.0585. The summed E-state index contributed by atoms with van der Waals surface area (Å²) in [6, 6.07) is 0.0767. The zero-order valence-corrected chi connectivity index (χ0v) is 8.74. The van der Waals surface area contributed by atoms with Crippen LogP contribution in [0.25, 0.3) is 0 Å². The second kappa shape index (κ2) is 5.98. The highest BCUT2D eigenvalue weighted by Crippen LogP contribution is 2.12. The number of nitrogens with zero attached hydrogens (tertiary/aromatic N) is 1. The van der Waals surface area contributed by atoms with Crippen molar-refractivity contribution in [3.63, 3.8) is 0 Å². The number of morpholine rings is 1. The Morgan fingerprint density at radius 2 is 2.43 bits per heavy atom. The minimum atomic E-state index is 0.0585. The fourth-order valence-corrected chi connectivity index (χ4v) is 1.68. The Balaban J connectivity index is 2.47. The Labute approximate surface area is 84.8 Å². The third kappa shape index (κ3) is 2.96. The third-order valence-corrected chi connectivity index (χ3v) is 2.51. The van der Waals surface area contributed by atoms with E-state index in [0.29, 0.717) is 13.0 Å². The van der Waals surface area contributed by atoms with E-state index in [-0.39, 0.29) is 25.2 Å². The van der Waals surface area contributed by atoms with Crippen LogP contribution < -0.4 is 0 Å². The molecule has 1 unspecified atom stereocenters. The number of ether oxygens (including phenoxy) is 1. The fourth-order valence-electron chi connectivity index (χ4n) is 1.68. The number of unbranched alkanes of at least 4 members (excludes halogenated alkanes) is 1. The van der Waals surface area contributed by atoms with E-state index in [4.69, 9.17) is 9.84 Å². The van der Waals surface area contributed by atoms with Crippen LogP contribution in [0.3, 0.4) is 0 Å². The van der Waals surface area contributed by atoms with Crippen molar-refractivity contribution in [3.8, 4) is 0 Å². The van der Waals surface area contributed by atoms with Crippen LogP contribution in [0, 0.1) is 0 Å². The van der Waals surface area contributed by atoms with Gasteiger partial charge in [0.25, 0.3) is 0 Å². The number of carbonyl (C=O) groups excluding carboxylic acids is 1. The summed E-state index contributed by atoms with van der Waals surface area (Å²) in [7, 11) is 0. The van der Waals surface area contributed by atoms with Gasteiger partial charge in [-0.25, -0.2) is 0 Å². The summed E-state index contributed by atoms with van der Waals surface area (Å²) in [6.45, 7) is 3.78. The largest absolute Gasteiger partial charge is 0.396 e. The molecular weight excluding hydrogens is 182 g/mol. The Morgan fingerprint density at radius 3 is 3.07 bits per heavy atom. The molecule has 1 rings (SSSR count). The number of aliphatic hydroxyl groups is 1. The van der Waals surface area contributed by atoms with Gasteiger partial charge >= 0.3 is 0 Å². The van der Waals surface area contributed by atoms with Crippen molar-refractivity contribution in [2.45, 2.75) is 32.2 Å². The van der Waals surface area contributed by atoms with Crippen molar-refractivity contribution >= 4 is 5.91 Å². The van der Waals surface area contributed by atoms with Gasteiger partial charge in [-0.15, -0.1) is 0 Å². The molecule has 0 bridgehead atoms. The van der Waals surface area contributed by atoms with Gasteiger partial charge in [0.05, 0.1) is 12.6 Å². The summed E-state index contributed by atoms with van der Waals surface area (Å²) in [5, 5.41) is 8.85. The van der Waals surface area contributed by atoms with Crippen LogP contribution in [-0.2, 0) is 9.53 Å². The van der Waals surface area contributed by atoms with E-state index >= 15 is 0 Å². The number of carbonyl (C=O) groups is 1. The highest BCUT2D eigenvalue weighted by Gasteiger charge is 2.27. The lowest BCUT2D eigenvalue weighted by molar-refractivity contribution is -0.148. The predicted octanol–water partition coefficient (Wildman–Crippen LogP) is 0.396. The molecule has 0 aromatic heterocycles. The van der Waals surface area contributed by atoms with E-state index in [1.165, 1.54) is 0 Å². The Hall–Kier alpha value is -0.610. The second-order valence-corrected chi connectivity index (χ2v) is 3.62. The first-order chi connectivity index (χ1) is 6.79. The maximum Gasteiger partial charge on any atom is 0.248 e.